The Morgan fingerprint density at radius 2 is 2.06 bits per heavy atom. The number of hydrogen-bond donors (Lipinski definition) is 3. The molecule has 16 heavy (non-hydrogen) atoms. The first-order chi connectivity index (χ1) is 7.59. The average molecular weight is 222 g/mol. The van der Waals surface area contributed by atoms with E-state index in [1.807, 2.05) is 30.3 Å². The summed E-state index contributed by atoms with van der Waals surface area (Å²) in [6.45, 7) is 1.85. The van der Waals surface area contributed by atoms with Crippen molar-refractivity contribution in [3.63, 3.8) is 0 Å². The zero-order chi connectivity index (χ0) is 12.0. The van der Waals surface area contributed by atoms with Gasteiger partial charge in [0.2, 0.25) is 5.91 Å². The van der Waals surface area contributed by atoms with Crippen LogP contribution in [0.1, 0.15) is 12.5 Å². The fourth-order valence-corrected chi connectivity index (χ4v) is 1.34. The number of carbonyl (C=O) groups is 1. The first kappa shape index (κ1) is 12.7. The molecule has 0 spiro atoms. The molecule has 0 fully saturated rings. The van der Waals surface area contributed by atoms with Crippen molar-refractivity contribution in [3.05, 3.63) is 35.9 Å². The Labute approximate surface area is 95.5 Å². The van der Waals surface area contributed by atoms with Crippen molar-refractivity contribution in [1.29, 1.82) is 0 Å². The molecule has 1 rings (SSSR count). The van der Waals surface area contributed by atoms with Gasteiger partial charge in [-0.25, -0.2) is 0 Å². The molecule has 88 valence electrons. The van der Waals surface area contributed by atoms with Crippen molar-refractivity contribution in [2.24, 2.45) is 5.73 Å². The maximum absolute atomic E-state index is 11.5. The van der Waals surface area contributed by atoms with E-state index in [1.54, 1.807) is 6.92 Å². The van der Waals surface area contributed by atoms with Gasteiger partial charge in [-0.1, -0.05) is 30.3 Å². The van der Waals surface area contributed by atoms with E-state index >= 15 is 0 Å². The molecular formula is C12H18N2O2. The third-order valence-corrected chi connectivity index (χ3v) is 2.21. The van der Waals surface area contributed by atoms with Crippen molar-refractivity contribution in [2.45, 2.75) is 25.5 Å². The number of nitrogens with one attached hydrogen (secondary N) is 1. The quantitative estimate of drug-likeness (QED) is 0.659. The molecule has 4 nitrogen and oxygen atoms in total. The fraction of sp³-hybridized carbons (Fsp3) is 0.417. The fourth-order valence-electron chi connectivity index (χ4n) is 1.34. The summed E-state index contributed by atoms with van der Waals surface area (Å²) in [5.74, 6) is -0.232. The van der Waals surface area contributed by atoms with Gasteiger partial charge in [0.1, 0.15) is 0 Å². The van der Waals surface area contributed by atoms with Crippen LogP contribution in [0.5, 0.6) is 0 Å². The lowest BCUT2D eigenvalue weighted by Gasteiger charge is -2.13. The number of aliphatic hydroxyl groups excluding tert-OH is 1. The molecule has 0 aromatic heterocycles. The molecule has 4 heteroatoms. The summed E-state index contributed by atoms with van der Waals surface area (Å²) < 4.78 is 0. The smallest absolute Gasteiger partial charge is 0.237 e. The number of amides is 1. The third-order valence-electron chi connectivity index (χ3n) is 2.21. The van der Waals surface area contributed by atoms with Crippen LogP contribution in [0.25, 0.3) is 0 Å². The number of aliphatic hydroxyl groups is 1. The minimum atomic E-state index is -0.568. The summed E-state index contributed by atoms with van der Waals surface area (Å²) in [5, 5.41) is 11.6. The summed E-state index contributed by atoms with van der Waals surface area (Å²) in [7, 11) is 0. The normalized spacial score (nSPS) is 14.2. The Hall–Kier alpha value is -1.39. The van der Waals surface area contributed by atoms with E-state index in [1.165, 1.54) is 0 Å². The molecule has 4 N–H and O–H groups in total. The molecule has 0 radical (unpaired) electrons. The second-order valence-corrected chi connectivity index (χ2v) is 3.89. The molecule has 0 saturated heterocycles. The minimum absolute atomic E-state index is 0.232. The van der Waals surface area contributed by atoms with Gasteiger partial charge in [-0.15, -0.1) is 0 Å². The van der Waals surface area contributed by atoms with Crippen LogP contribution < -0.4 is 11.1 Å². The summed E-state index contributed by atoms with van der Waals surface area (Å²) in [6, 6.07) is 9.04. The van der Waals surface area contributed by atoms with Gasteiger partial charge in [-0.3, -0.25) is 4.79 Å². The van der Waals surface area contributed by atoms with Crippen LogP contribution in [0.2, 0.25) is 0 Å². The first-order valence-electron chi connectivity index (χ1n) is 5.35. The van der Waals surface area contributed by atoms with E-state index in [0.717, 1.165) is 5.56 Å². The Balaban J connectivity index is 2.40. The lowest BCUT2D eigenvalue weighted by atomic mass is 10.1. The van der Waals surface area contributed by atoms with Crippen LogP contribution in [0.15, 0.2) is 30.3 Å². The Morgan fingerprint density at radius 1 is 1.44 bits per heavy atom. The van der Waals surface area contributed by atoms with Gasteiger partial charge in [-0.05, 0) is 18.9 Å². The molecule has 1 amide bonds. The van der Waals surface area contributed by atoms with Gasteiger partial charge in [0.05, 0.1) is 12.1 Å². The van der Waals surface area contributed by atoms with Crippen LogP contribution in [-0.4, -0.2) is 29.7 Å². The van der Waals surface area contributed by atoms with E-state index in [-0.39, 0.29) is 12.5 Å². The molecule has 0 aliphatic heterocycles. The van der Waals surface area contributed by atoms with Gasteiger partial charge in [-0.2, -0.15) is 0 Å². The summed E-state index contributed by atoms with van der Waals surface area (Å²) in [5.41, 5.74) is 6.77. The van der Waals surface area contributed by atoms with Crippen LogP contribution >= 0.6 is 0 Å². The minimum Gasteiger partial charge on any atom is -0.392 e. The number of hydrogen-bond acceptors (Lipinski definition) is 3. The Kier molecular flexibility index (Phi) is 4.95. The molecule has 2 atom stereocenters. The first-order valence-corrected chi connectivity index (χ1v) is 5.35. The zero-order valence-corrected chi connectivity index (χ0v) is 9.39. The number of benzene rings is 1. The lowest BCUT2D eigenvalue weighted by Crippen LogP contribution is -2.44. The van der Waals surface area contributed by atoms with Gasteiger partial charge in [0.25, 0.3) is 0 Å². The summed E-state index contributed by atoms with van der Waals surface area (Å²) in [4.78, 5) is 11.5. The van der Waals surface area contributed by atoms with Crippen LogP contribution in [-0.2, 0) is 11.2 Å². The molecule has 0 aliphatic rings. The van der Waals surface area contributed by atoms with E-state index in [4.69, 9.17) is 10.8 Å². The van der Waals surface area contributed by atoms with Crippen molar-refractivity contribution in [2.75, 3.05) is 6.54 Å². The predicted octanol–water partition coefficient (Wildman–Crippen LogP) is 0.0534. The van der Waals surface area contributed by atoms with Crippen LogP contribution in [0.4, 0.5) is 0 Å². The number of carbonyl (C=O) groups excluding carboxylic acids is 1. The van der Waals surface area contributed by atoms with Gasteiger partial charge >= 0.3 is 0 Å². The van der Waals surface area contributed by atoms with Crippen LogP contribution in [0.3, 0.4) is 0 Å². The molecule has 1 aromatic rings. The highest BCUT2D eigenvalue weighted by atomic mass is 16.3. The van der Waals surface area contributed by atoms with Crippen molar-refractivity contribution < 1.29 is 9.90 Å². The molecule has 0 aliphatic carbocycles. The number of rotatable bonds is 5. The molecular weight excluding hydrogens is 204 g/mol. The third kappa shape index (κ3) is 4.42. The highest BCUT2D eigenvalue weighted by Crippen LogP contribution is 2.01. The maximum Gasteiger partial charge on any atom is 0.237 e. The van der Waals surface area contributed by atoms with Gasteiger partial charge < -0.3 is 16.2 Å². The van der Waals surface area contributed by atoms with E-state index < -0.39 is 12.1 Å². The molecule has 0 bridgehead atoms. The highest BCUT2D eigenvalue weighted by molar-refractivity contribution is 5.81. The molecule has 1 aromatic carbocycles. The zero-order valence-electron chi connectivity index (χ0n) is 9.39. The predicted molar refractivity (Wildman–Crippen MR) is 62.8 cm³/mol. The van der Waals surface area contributed by atoms with E-state index in [2.05, 4.69) is 5.32 Å². The van der Waals surface area contributed by atoms with Crippen LogP contribution in [0, 0.1) is 0 Å². The SMILES string of the molecule is C[C@H](O)CNC(=O)C(N)Cc1ccccc1. The molecule has 1 unspecified atom stereocenters. The van der Waals surface area contributed by atoms with Crippen molar-refractivity contribution in [3.8, 4) is 0 Å². The highest BCUT2D eigenvalue weighted by Gasteiger charge is 2.13. The Morgan fingerprint density at radius 3 is 2.62 bits per heavy atom. The van der Waals surface area contributed by atoms with Gasteiger partial charge in [0.15, 0.2) is 0 Å². The summed E-state index contributed by atoms with van der Waals surface area (Å²) >= 11 is 0. The molecule has 0 saturated carbocycles. The topological polar surface area (TPSA) is 75.3 Å². The average Bonchev–Trinajstić information content (AvgIpc) is 2.27. The number of nitrogens with two attached hydrogens (primary N) is 1. The second kappa shape index (κ2) is 6.25. The monoisotopic (exact) mass is 222 g/mol. The lowest BCUT2D eigenvalue weighted by molar-refractivity contribution is -0.122. The summed E-state index contributed by atoms with van der Waals surface area (Å²) in [6.07, 6.45) is -0.0418. The Bertz CT molecular complexity index is 325. The second-order valence-electron chi connectivity index (χ2n) is 3.89. The molecule has 0 heterocycles. The maximum atomic E-state index is 11.5. The van der Waals surface area contributed by atoms with E-state index in [0.29, 0.717) is 6.42 Å². The van der Waals surface area contributed by atoms with Crippen molar-refractivity contribution in [1.82, 2.24) is 5.32 Å². The largest absolute Gasteiger partial charge is 0.392 e. The van der Waals surface area contributed by atoms with Gasteiger partial charge in [0, 0.05) is 6.54 Å². The standard InChI is InChI=1S/C12H18N2O2/c1-9(15)8-14-12(16)11(13)7-10-5-3-2-4-6-10/h2-6,9,11,15H,7-8,13H2,1H3,(H,14,16)/t9-,11?/m0/s1. The van der Waals surface area contributed by atoms with E-state index in [9.17, 15) is 4.79 Å². The van der Waals surface area contributed by atoms with Crippen molar-refractivity contribution >= 4 is 5.91 Å².